The van der Waals surface area contributed by atoms with Crippen LogP contribution >= 0.6 is 11.6 Å². The van der Waals surface area contributed by atoms with Crippen molar-refractivity contribution in [2.75, 3.05) is 20.8 Å². The second-order valence-electron chi connectivity index (χ2n) is 4.68. The molecule has 0 bridgehead atoms. The summed E-state index contributed by atoms with van der Waals surface area (Å²) in [4.78, 5) is 12.1. The van der Waals surface area contributed by atoms with Crippen LogP contribution in [0, 0.1) is 0 Å². The third-order valence-electron chi connectivity index (χ3n) is 3.34. The second kappa shape index (κ2) is 7.82. The van der Waals surface area contributed by atoms with Gasteiger partial charge in [-0.15, -0.1) is 0 Å². The van der Waals surface area contributed by atoms with Crippen molar-refractivity contribution in [1.82, 2.24) is 5.32 Å². The minimum atomic E-state index is -0.295. The summed E-state index contributed by atoms with van der Waals surface area (Å²) in [6, 6.07) is 14.3. The maximum Gasteiger partial charge on any atom is 0.251 e. The topological polar surface area (TPSA) is 47.6 Å². The SMILES string of the molecule is COc1ccc(C(=O)NC[C@@H](OC)c2ccccc2Cl)cc1. The Kier molecular flexibility index (Phi) is 5.81. The molecule has 0 unspecified atom stereocenters. The number of rotatable bonds is 6. The molecule has 2 rings (SSSR count). The molecule has 0 spiro atoms. The average Bonchev–Trinajstić information content (AvgIpc) is 2.56. The molecule has 5 heteroatoms. The highest BCUT2D eigenvalue weighted by Crippen LogP contribution is 2.24. The van der Waals surface area contributed by atoms with Gasteiger partial charge in [-0.05, 0) is 30.3 Å². The predicted molar refractivity (Wildman–Crippen MR) is 86.5 cm³/mol. The number of hydrogen-bond acceptors (Lipinski definition) is 3. The van der Waals surface area contributed by atoms with Crippen LogP contribution in [0.3, 0.4) is 0 Å². The van der Waals surface area contributed by atoms with Crippen molar-refractivity contribution in [3.05, 3.63) is 64.7 Å². The molecule has 1 N–H and O–H groups in total. The van der Waals surface area contributed by atoms with Crippen molar-refractivity contribution in [2.45, 2.75) is 6.10 Å². The minimum Gasteiger partial charge on any atom is -0.497 e. The average molecular weight is 320 g/mol. The summed E-state index contributed by atoms with van der Waals surface area (Å²) in [6.07, 6.45) is -0.295. The lowest BCUT2D eigenvalue weighted by Gasteiger charge is -2.17. The van der Waals surface area contributed by atoms with E-state index in [2.05, 4.69) is 5.32 Å². The Labute approximate surface area is 135 Å². The molecule has 0 saturated carbocycles. The first-order valence-electron chi connectivity index (χ1n) is 6.85. The lowest BCUT2D eigenvalue weighted by Crippen LogP contribution is -2.29. The van der Waals surface area contributed by atoms with Gasteiger partial charge in [0.2, 0.25) is 0 Å². The van der Waals surface area contributed by atoms with Crippen LogP contribution in [0.4, 0.5) is 0 Å². The first-order chi connectivity index (χ1) is 10.7. The molecule has 0 aliphatic heterocycles. The van der Waals surface area contributed by atoms with Crippen molar-refractivity contribution in [3.8, 4) is 5.75 Å². The van der Waals surface area contributed by atoms with Gasteiger partial charge < -0.3 is 14.8 Å². The Bertz CT molecular complexity index is 628. The van der Waals surface area contributed by atoms with Gasteiger partial charge in [-0.25, -0.2) is 0 Å². The van der Waals surface area contributed by atoms with Crippen LogP contribution in [0.1, 0.15) is 22.0 Å². The summed E-state index contributed by atoms with van der Waals surface area (Å²) < 4.78 is 10.5. The van der Waals surface area contributed by atoms with Crippen LogP contribution in [0.25, 0.3) is 0 Å². The van der Waals surface area contributed by atoms with Gasteiger partial charge in [0.25, 0.3) is 5.91 Å². The van der Waals surface area contributed by atoms with E-state index < -0.39 is 0 Å². The fourth-order valence-corrected chi connectivity index (χ4v) is 2.34. The Balaban J connectivity index is 2.00. The lowest BCUT2D eigenvalue weighted by atomic mass is 10.1. The molecule has 0 aliphatic carbocycles. The van der Waals surface area contributed by atoms with Crippen molar-refractivity contribution >= 4 is 17.5 Å². The van der Waals surface area contributed by atoms with Gasteiger partial charge in [0.15, 0.2) is 0 Å². The van der Waals surface area contributed by atoms with E-state index >= 15 is 0 Å². The number of nitrogens with one attached hydrogen (secondary N) is 1. The fraction of sp³-hybridized carbons (Fsp3) is 0.235. The third-order valence-corrected chi connectivity index (χ3v) is 3.68. The van der Waals surface area contributed by atoms with Gasteiger partial charge in [-0.3, -0.25) is 4.79 Å². The molecule has 0 aliphatic rings. The van der Waals surface area contributed by atoms with Crippen molar-refractivity contribution in [2.24, 2.45) is 0 Å². The van der Waals surface area contributed by atoms with Crippen LogP contribution in [-0.4, -0.2) is 26.7 Å². The molecule has 4 nitrogen and oxygen atoms in total. The normalized spacial score (nSPS) is 11.8. The second-order valence-corrected chi connectivity index (χ2v) is 5.09. The number of benzene rings is 2. The molecule has 1 amide bonds. The molecular weight excluding hydrogens is 302 g/mol. The first-order valence-corrected chi connectivity index (χ1v) is 7.23. The zero-order valence-electron chi connectivity index (χ0n) is 12.5. The molecule has 0 fully saturated rings. The number of carbonyl (C=O) groups excluding carboxylic acids is 1. The number of ether oxygens (including phenoxy) is 2. The Morgan fingerprint density at radius 1 is 1.14 bits per heavy atom. The van der Waals surface area contributed by atoms with Gasteiger partial charge in [0.1, 0.15) is 11.9 Å². The number of carbonyl (C=O) groups is 1. The number of halogens is 1. The molecule has 1 atom stereocenters. The molecule has 2 aromatic rings. The van der Waals surface area contributed by atoms with E-state index in [1.165, 1.54) is 0 Å². The van der Waals surface area contributed by atoms with E-state index in [1.54, 1.807) is 44.6 Å². The summed E-state index contributed by atoms with van der Waals surface area (Å²) in [7, 11) is 3.18. The molecular formula is C17H18ClNO3. The summed E-state index contributed by atoms with van der Waals surface area (Å²) in [5, 5.41) is 3.47. The summed E-state index contributed by atoms with van der Waals surface area (Å²) >= 11 is 6.16. The number of hydrogen-bond donors (Lipinski definition) is 1. The van der Waals surface area contributed by atoms with Crippen LogP contribution < -0.4 is 10.1 Å². The summed E-state index contributed by atoms with van der Waals surface area (Å²) in [6.45, 7) is 0.338. The molecule has 0 saturated heterocycles. The number of amides is 1. The van der Waals surface area contributed by atoms with Crippen molar-refractivity contribution < 1.29 is 14.3 Å². The van der Waals surface area contributed by atoms with Crippen LogP contribution in [0.5, 0.6) is 5.75 Å². The predicted octanol–water partition coefficient (Wildman–Crippen LogP) is 3.47. The first kappa shape index (κ1) is 16.3. The standard InChI is InChI=1S/C17H18ClNO3/c1-21-13-9-7-12(8-10-13)17(20)19-11-16(22-2)14-5-3-4-6-15(14)18/h3-10,16H,11H2,1-2H3,(H,19,20)/t16-/m1/s1. The van der Waals surface area contributed by atoms with Crippen molar-refractivity contribution in [3.63, 3.8) is 0 Å². The summed E-state index contributed by atoms with van der Waals surface area (Å²) in [5.74, 6) is 0.541. The van der Waals surface area contributed by atoms with Crippen LogP contribution in [0.2, 0.25) is 5.02 Å². The molecule has 0 radical (unpaired) electrons. The molecule has 116 valence electrons. The van der Waals surface area contributed by atoms with E-state index in [4.69, 9.17) is 21.1 Å². The van der Waals surface area contributed by atoms with Crippen LogP contribution in [-0.2, 0) is 4.74 Å². The highest BCUT2D eigenvalue weighted by atomic mass is 35.5. The van der Waals surface area contributed by atoms with E-state index in [0.29, 0.717) is 22.9 Å². The zero-order valence-corrected chi connectivity index (χ0v) is 13.3. The minimum absolute atomic E-state index is 0.170. The van der Waals surface area contributed by atoms with E-state index in [9.17, 15) is 4.79 Å². The van der Waals surface area contributed by atoms with Crippen molar-refractivity contribution in [1.29, 1.82) is 0 Å². The van der Waals surface area contributed by atoms with E-state index in [1.807, 2.05) is 18.2 Å². The van der Waals surface area contributed by atoms with Crippen LogP contribution in [0.15, 0.2) is 48.5 Å². The van der Waals surface area contributed by atoms with E-state index in [-0.39, 0.29) is 12.0 Å². The molecule has 22 heavy (non-hydrogen) atoms. The Morgan fingerprint density at radius 2 is 1.82 bits per heavy atom. The highest BCUT2D eigenvalue weighted by molar-refractivity contribution is 6.31. The smallest absolute Gasteiger partial charge is 0.251 e. The lowest BCUT2D eigenvalue weighted by molar-refractivity contribution is 0.0828. The van der Waals surface area contributed by atoms with Gasteiger partial charge in [0.05, 0.1) is 7.11 Å². The Morgan fingerprint density at radius 3 is 2.41 bits per heavy atom. The zero-order chi connectivity index (χ0) is 15.9. The maximum absolute atomic E-state index is 12.1. The maximum atomic E-state index is 12.1. The van der Waals surface area contributed by atoms with Gasteiger partial charge in [0, 0.05) is 29.8 Å². The largest absolute Gasteiger partial charge is 0.497 e. The van der Waals surface area contributed by atoms with Gasteiger partial charge in [-0.2, -0.15) is 0 Å². The summed E-state index contributed by atoms with van der Waals surface area (Å²) in [5.41, 5.74) is 1.41. The highest BCUT2D eigenvalue weighted by Gasteiger charge is 2.15. The molecule has 2 aromatic carbocycles. The Hall–Kier alpha value is -2.04. The third kappa shape index (κ3) is 4.00. The van der Waals surface area contributed by atoms with Gasteiger partial charge in [-0.1, -0.05) is 29.8 Å². The quantitative estimate of drug-likeness (QED) is 0.887. The monoisotopic (exact) mass is 319 g/mol. The fourth-order valence-electron chi connectivity index (χ4n) is 2.09. The molecule has 0 heterocycles. The van der Waals surface area contributed by atoms with Gasteiger partial charge >= 0.3 is 0 Å². The number of methoxy groups -OCH3 is 2. The van der Waals surface area contributed by atoms with E-state index in [0.717, 1.165) is 5.56 Å². The molecule has 0 aromatic heterocycles.